The zero-order chi connectivity index (χ0) is 14.0. The van der Waals surface area contributed by atoms with Gasteiger partial charge in [0, 0.05) is 29.9 Å². The van der Waals surface area contributed by atoms with Crippen molar-refractivity contribution in [3.63, 3.8) is 0 Å². The zero-order valence-electron chi connectivity index (χ0n) is 11.7. The summed E-state index contributed by atoms with van der Waals surface area (Å²) in [5.41, 5.74) is 14.1. The molecule has 0 spiro atoms. The summed E-state index contributed by atoms with van der Waals surface area (Å²) in [6.45, 7) is 5.02. The molecule has 0 bridgehead atoms. The van der Waals surface area contributed by atoms with Crippen LogP contribution in [0.4, 0.5) is 5.69 Å². The minimum Gasteiger partial charge on any atom is -0.367 e. The topological polar surface area (TPSA) is 72.3 Å². The lowest BCUT2D eigenvalue weighted by atomic mass is 9.95. The fourth-order valence-electron chi connectivity index (χ4n) is 2.93. The van der Waals surface area contributed by atoms with Crippen LogP contribution < -0.4 is 16.4 Å². The van der Waals surface area contributed by atoms with E-state index in [9.17, 15) is 4.79 Å². The molecule has 19 heavy (non-hydrogen) atoms. The Hall–Kier alpha value is -1.55. The Morgan fingerprint density at radius 2 is 2.16 bits per heavy atom. The van der Waals surface area contributed by atoms with E-state index in [1.807, 2.05) is 25.1 Å². The smallest absolute Gasteiger partial charge is 0.248 e. The summed E-state index contributed by atoms with van der Waals surface area (Å²) in [5.74, 6) is -0.369. The van der Waals surface area contributed by atoms with E-state index in [0.717, 1.165) is 24.2 Å². The Morgan fingerprint density at radius 1 is 1.42 bits per heavy atom. The fourth-order valence-corrected chi connectivity index (χ4v) is 2.93. The van der Waals surface area contributed by atoms with Crippen LogP contribution in [0.25, 0.3) is 0 Å². The first-order valence-corrected chi connectivity index (χ1v) is 6.93. The summed E-state index contributed by atoms with van der Waals surface area (Å²) in [4.78, 5) is 13.6. The Balaban J connectivity index is 2.29. The molecule has 2 atom stereocenters. The highest BCUT2D eigenvalue weighted by atomic mass is 16.1. The van der Waals surface area contributed by atoms with Gasteiger partial charge in [-0.25, -0.2) is 0 Å². The van der Waals surface area contributed by atoms with Gasteiger partial charge >= 0.3 is 0 Å². The van der Waals surface area contributed by atoms with Gasteiger partial charge in [-0.3, -0.25) is 4.79 Å². The van der Waals surface area contributed by atoms with Gasteiger partial charge in [-0.1, -0.05) is 0 Å². The van der Waals surface area contributed by atoms with Crippen molar-refractivity contribution in [3.8, 4) is 0 Å². The maximum absolute atomic E-state index is 11.3. The monoisotopic (exact) mass is 261 g/mol. The molecule has 0 saturated carbocycles. The van der Waals surface area contributed by atoms with E-state index >= 15 is 0 Å². The van der Waals surface area contributed by atoms with Crippen LogP contribution in [0.2, 0.25) is 0 Å². The summed E-state index contributed by atoms with van der Waals surface area (Å²) in [7, 11) is 0. The average molecular weight is 261 g/mol. The normalized spacial score (nSPS) is 21.2. The highest BCUT2D eigenvalue weighted by Gasteiger charge is 2.25. The summed E-state index contributed by atoms with van der Waals surface area (Å²) in [5, 5.41) is 0. The number of amides is 1. The average Bonchev–Trinajstić information content (AvgIpc) is 2.38. The van der Waals surface area contributed by atoms with Gasteiger partial charge in [0.15, 0.2) is 0 Å². The van der Waals surface area contributed by atoms with Crippen LogP contribution in [0.15, 0.2) is 18.2 Å². The maximum atomic E-state index is 11.3. The minimum atomic E-state index is -0.369. The molecule has 2 rings (SSSR count). The molecule has 1 aliphatic heterocycles. The van der Waals surface area contributed by atoms with Crippen molar-refractivity contribution in [2.24, 2.45) is 11.5 Å². The summed E-state index contributed by atoms with van der Waals surface area (Å²) >= 11 is 0. The molecule has 1 fully saturated rings. The van der Waals surface area contributed by atoms with Gasteiger partial charge in [0.05, 0.1) is 0 Å². The molecule has 4 heteroatoms. The van der Waals surface area contributed by atoms with Gasteiger partial charge in [0.2, 0.25) is 5.91 Å². The molecule has 2 unspecified atom stereocenters. The van der Waals surface area contributed by atoms with Crippen molar-refractivity contribution in [3.05, 3.63) is 29.3 Å². The quantitative estimate of drug-likeness (QED) is 0.871. The van der Waals surface area contributed by atoms with E-state index in [1.165, 1.54) is 12.8 Å². The van der Waals surface area contributed by atoms with Crippen molar-refractivity contribution in [1.29, 1.82) is 0 Å². The Kier molecular flexibility index (Phi) is 4.10. The molecule has 4 N–H and O–H groups in total. The predicted molar refractivity (Wildman–Crippen MR) is 78.3 cm³/mol. The SMILES string of the molecule is Cc1cc(N2CCCCC2C(C)N)ccc1C(N)=O. The van der Waals surface area contributed by atoms with Crippen molar-refractivity contribution in [2.45, 2.75) is 45.2 Å². The van der Waals surface area contributed by atoms with Crippen LogP contribution in [0.5, 0.6) is 0 Å². The van der Waals surface area contributed by atoms with E-state index in [0.29, 0.717) is 11.6 Å². The Labute approximate surface area is 114 Å². The van der Waals surface area contributed by atoms with E-state index in [4.69, 9.17) is 11.5 Å². The lowest BCUT2D eigenvalue weighted by Crippen LogP contribution is -2.49. The molecule has 1 heterocycles. The number of hydrogen-bond acceptors (Lipinski definition) is 3. The second-order valence-electron chi connectivity index (χ2n) is 5.48. The summed E-state index contributed by atoms with van der Waals surface area (Å²) in [6.07, 6.45) is 3.56. The van der Waals surface area contributed by atoms with Gasteiger partial charge < -0.3 is 16.4 Å². The number of hydrogen-bond donors (Lipinski definition) is 2. The van der Waals surface area contributed by atoms with E-state index in [-0.39, 0.29) is 11.9 Å². The van der Waals surface area contributed by atoms with Gasteiger partial charge in [0.25, 0.3) is 0 Å². The van der Waals surface area contributed by atoms with Crippen LogP contribution in [0.3, 0.4) is 0 Å². The van der Waals surface area contributed by atoms with Crippen LogP contribution in [0.1, 0.15) is 42.1 Å². The molecule has 1 aromatic carbocycles. The lowest BCUT2D eigenvalue weighted by Gasteiger charge is -2.40. The van der Waals surface area contributed by atoms with Crippen molar-refractivity contribution in [2.75, 3.05) is 11.4 Å². The number of anilines is 1. The molecule has 4 nitrogen and oxygen atoms in total. The first-order valence-electron chi connectivity index (χ1n) is 6.93. The number of rotatable bonds is 3. The van der Waals surface area contributed by atoms with Gasteiger partial charge in [-0.05, 0) is 56.9 Å². The highest BCUT2D eigenvalue weighted by Crippen LogP contribution is 2.27. The number of carbonyl (C=O) groups is 1. The molecule has 0 radical (unpaired) electrons. The van der Waals surface area contributed by atoms with Crippen molar-refractivity contribution in [1.82, 2.24) is 0 Å². The molecule has 1 saturated heterocycles. The summed E-state index contributed by atoms with van der Waals surface area (Å²) < 4.78 is 0. The van der Waals surface area contributed by atoms with E-state index in [2.05, 4.69) is 11.8 Å². The number of nitrogens with zero attached hydrogens (tertiary/aromatic N) is 1. The molecule has 0 aliphatic carbocycles. The highest BCUT2D eigenvalue weighted by molar-refractivity contribution is 5.94. The van der Waals surface area contributed by atoms with Crippen molar-refractivity contribution >= 4 is 11.6 Å². The third-order valence-electron chi connectivity index (χ3n) is 3.96. The lowest BCUT2D eigenvalue weighted by molar-refractivity contribution is 0.0999. The standard InChI is InChI=1S/C15H23N3O/c1-10-9-12(6-7-13(10)15(17)19)18-8-4-3-5-14(18)11(2)16/h6-7,9,11,14H,3-5,8,16H2,1-2H3,(H2,17,19). The Bertz CT molecular complexity index is 470. The van der Waals surface area contributed by atoms with Crippen molar-refractivity contribution < 1.29 is 4.79 Å². The number of primary amides is 1. The van der Waals surface area contributed by atoms with E-state index in [1.54, 1.807) is 0 Å². The molecule has 1 aliphatic rings. The number of benzene rings is 1. The number of aryl methyl sites for hydroxylation is 1. The largest absolute Gasteiger partial charge is 0.367 e. The second kappa shape index (κ2) is 5.61. The molecule has 0 aromatic heterocycles. The third-order valence-corrected chi connectivity index (χ3v) is 3.96. The summed E-state index contributed by atoms with van der Waals surface area (Å²) in [6, 6.07) is 6.37. The number of piperidine rings is 1. The molecule has 104 valence electrons. The van der Waals surface area contributed by atoms with Gasteiger partial charge in [-0.15, -0.1) is 0 Å². The maximum Gasteiger partial charge on any atom is 0.248 e. The van der Waals surface area contributed by atoms with Gasteiger partial charge in [-0.2, -0.15) is 0 Å². The molecular formula is C15H23N3O. The molecule has 1 aromatic rings. The number of nitrogens with two attached hydrogens (primary N) is 2. The van der Waals surface area contributed by atoms with E-state index < -0.39 is 0 Å². The number of carbonyl (C=O) groups excluding carboxylic acids is 1. The van der Waals surface area contributed by atoms with Crippen LogP contribution in [-0.2, 0) is 0 Å². The Morgan fingerprint density at radius 3 is 2.74 bits per heavy atom. The minimum absolute atomic E-state index is 0.149. The fraction of sp³-hybridized carbons (Fsp3) is 0.533. The van der Waals surface area contributed by atoms with Crippen LogP contribution in [0, 0.1) is 6.92 Å². The van der Waals surface area contributed by atoms with Crippen LogP contribution >= 0.6 is 0 Å². The first kappa shape index (κ1) is 13.9. The zero-order valence-corrected chi connectivity index (χ0v) is 11.7. The third kappa shape index (κ3) is 2.89. The second-order valence-corrected chi connectivity index (χ2v) is 5.48. The molecule has 1 amide bonds. The molecular weight excluding hydrogens is 238 g/mol. The van der Waals surface area contributed by atoms with Gasteiger partial charge in [0.1, 0.15) is 0 Å². The van der Waals surface area contributed by atoms with Crippen LogP contribution in [-0.4, -0.2) is 24.5 Å². The first-order chi connectivity index (χ1) is 9.00. The predicted octanol–water partition coefficient (Wildman–Crippen LogP) is 1.80.